The Morgan fingerprint density at radius 1 is 1.07 bits per heavy atom. The number of hydrogen-bond donors (Lipinski definition) is 2. The molecule has 29 heavy (non-hydrogen) atoms. The molecule has 0 radical (unpaired) electrons. The highest BCUT2D eigenvalue weighted by atomic mass is 32.2. The molecule has 0 unspecified atom stereocenters. The quantitative estimate of drug-likeness (QED) is 0.599. The molecule has 0 spiro atoms. The molecule has 2 amide bonds. The Morgan fingerprint density at radius 3 is 2.17 bits per heavy atom. The van der Waals surface area contributed by atoms with Crippen LogP contribution in [0.1, 0.15) is 51.9 Å². The molecule has 9 heteroatoms. The zero-order valence-corrected chi connectivity index (χ0v) is 17.6. The third-order valence-corrected chi connectivity index (χ3v) is 8.93. The van der Waals surface area contributed by atoms with Gasteiger partial charge in [0, 0.05) is 11.5 Å². The van der Waals surface area contributed by atoms with Crippen LogP contribution in [0.5, 0.6) is 0 Å². The van der Waals surface area contributed by atoms with Gasteiger partial charge in [-0.05, 0) is 69.6 Å². The Morgan fingerprint density at radius 2 is 1.66 bits per heavy atom. The number of rotatable bonds is 6. The molecule has 2 atom stereocenters. The van der Waals surface area contributed by atoms with E-state index in [2.05, 4.69) is 10.6 Å². The summed E-state index contributed by atoms with van der Waals surface area (Å²) in [6.45, 7) is 1.09. The lowest BCUT2D eigenvalue weighted by molar-refractivity contribution is -0.155. The lowest BCUT2D eigenvalue weighted by Gasteiger charge is -2.55. The largest absolute Gasteiger partial charge is 0.454 e. The van der Waals surface area contributed by atoms with Crippen LogP contribution in [0.3, 0.4) is 0 Å². The number of nitrogens with one attached hydrogen (secondary N) is 2. The van der Waals surface area contributed by atoms with Gasteiger partial charge in [-0.2, -0.15) is 0 Å². The van der Waals surface area contributed by atoms with Crippen molar-refractivity contribution in [1.82, 2.24) is 10.6 Å². The fraction of sp³-hybridized carbons (Fsp3) is 0.850. The molecular weight excluding hydrogens is 396 g/mol. The second kappa shape index (κ2) is 7.56. The fourth-order valence-electron chi connectivity index (χ4n) is 6.24. The Kier molecular flexibility index (Phi) is 5.38. The van der Waals surface area contributed by atoms with Crippen LogP contribution in [0, 0.1) is 23.2 Å². The molecule has 4 bridgehead atoms. The summed E-state index contributed by atoms with van der Waals surface area (Å²) in [7, 11) is -3.09. The van der Waals surface area contributed by atoms with E-state index in [1.807, 2.05) is 0 Å². The zero-order valence-electron chi connectivity index (χ0n) is 16.8. The average Bonchev–Trinajstić information content (AvgIpc) is 2.96. The monoisotopic (exact) mass is 426 g/mol. The SMILES string of the molecule is C[C@H](NC(=O)C12CC3CC(CC(C3)C1)C2)C(=O)OCC(=O)N[C@H]1CCS(=O)(=O)C1. The van der Waals surface area contributed by atoms with Crippen molar-refractivity contribution in [2.75, 3.05) is 18.1 Å². The van der Waals surface area contributed by atoms with Crippen LogP contribution in [-0.4, -0.2) is 56.4 Å². The second-order valence-corrected chi connectivity index (χ2v) is 11.9. The van der Waals surface area contributed by atoms with E-state index >= 15 is 0 Å². The van der Waals surface area contributed by atoms with Gasteiger partial charge in [0.1, 0.15) is 6.04 Å². The van der Waals surface area contributed by atoms with Gasteiger partial charge in [-0.3, -0.25) is 9.59 Å². The minimum atomic E-state index is -3.09. The number of esters is 1. The summed E-state index contributed by atoms with van der Waals surface area (Å²) >= 11 is 0. The molecule has 1 aliphatic heterocycles. The van der Waals surface area contributed by atoms with E-state index in [9.17, 15) is 22.8 Å². The van der Waals surface area contributed by atoms with E-state index in [1.165, 1.54) is 19.3 Å². The smallest absolute Gasteiger partial charge is 0.328 e. The van der Waals surface area contributed by atoms with Crippen LogP contribution in [-0.2, 0) is 29.0 Å². The highest BCUT2D eigenvalue weighted by molar-refractivity contribution is 7.91. The third kappa shape index (κ3) is 4.44. The van der Waals surface area contributed by atoms with Crippen molar-refractivity contribution >= 4 is 27.6 Å². The topological polar surface area (TPSA) is 119 Å². The first-order chi connectivity index (χ1) is 13.6. The molecule has 0 aromatic rings. The molecule has 1 heterocycles. The number of ether oxygens (including phenoxy) is 1. The van der Waals surface area contributed by atoms with Gasteiger partial charge in [0.15, 0.2) is 16.4 Å². The predicted octanol–water partition coefficient (Wildman–Crippen LogP) is 0.554. The van der Waals surface area contributed by atoms with Crippen molar-refractivity contribution in [3.05, 3.63) is 0 Å². The van der Waals surface area contributed by atoms with E-state index in [0.717, 1.165) is 19.3 Å². The molecular formula is C20H30N2O6S. The van der Waals surface area contributed by atoms with E-state index in [1.54, 1.807) is 6.92 Å². The lowest BCUT2D eigenvalue weighted by atomic mass is 9.49. The Labute approximate surface area is 171 Å². The molecule has 5 fully saturated rings. The van der Waals surface area contributed by atoms with Crippen LogP contribution >= 0.6 is 0 Å². The van der Waals surface area contributed by atoms with Crippen molar-refractivity contribution in [3.8, 4) is 0 Å². The fourth-order valence-corrected chi connectivity index (χ4v) is 7.91. The molecule has 162 valence electrons. The molecule has 5 aliphatic rings. The van der Waals surface area contributed by atoms with Gasteiger partial charge < -0.3 is 15.4 Å². The zero-order chi connectivity index (χ0) is 20.8. The Hall–Kier alpha value is -1.64. The van der Waals surface area contributed by atoms with Crippen LogP contribution in [0.2, 0.25) is 0 Å². The minimum Gasteiger partial charge on any atom is -0.454 e. The van der Waals surface area contributed by atoms with Crippen molar-refractivity contribution in [1.29, 1.82) is 0 Å². The molecule has 4 aliphatic carbocycles. The van der Waals surface area contributed by atoms with Gasteiger partial charge in [0.2, 0.25) is 5.91 Å². The van der Waals surface area contributed by atoms with Gasteiger partial charge in [0.05, 0.1) is 11.5 Å². The first-order valence-electron chi connectivity index (χ1n) is 10.6. The summed E-state index contributed by atoms with van der Waals surface area (Å²) in [5, 5.41) is 5.40. The van der Waals surface area contributed by atoms with Crippen molar-refractivity contribution in [2.24, 2.45) is 23.2 Å². The van der Waals surface area contributed by atoms with Crippen molar-refractivity contribution in [2.45, 2.75) is 64.0 Å². The first-order valence-corrected chi connectivity index (χ1v) is 12.4. The van der Waals surface area contributed by atoms with Gasteiger partial charge in [-0.25, -0.2) is 13.2 Å². The van der Waals surface area contributed by atoms with Crippen LogP contribution < -0.4 is 10.6 Å². The summed E-state index contributed by atoms with van der Waals surface area (Å²) in [6.07, 6.45) is 6.84. The lowest BCUT2D eigenvalue weighted by Crippen LogP contribution is -2.56. The van der Waals surface area contributed by atoms with Crippen LogP contribution in [0.25, 0.3) is 0 Å². The highest BCUT2D eigenvalue weighted by Gasteiger charge is 2.54. The van der Waals surface area contributed by atoms with Crippen molar-refractivity contribution < 1.29 is 27.5 Å². The van der Waals surface area contributed by atoms with E-state index in [-0.39, 0.29) is 22.8 Å². The number of carbonyl (C=O) groups excluding carboxylic acids is 3. The van der Waals surface area contributed by atoms with Gasteiger partial charge >= 0.3 is 5.97 Å². The van der Waals surface area contributed by atoms with Crippen LogP contribution in [0.15, 0.2) is 0 Å². The van der Waals surface area contributed by atoms with Crippen molar-refractivity contribution in [3.63, 3.8) is 0 Å². The summed E-state index contributed by atoms with van der Waals surface area (Å²) in [5.41, 5.74) is -0.339. The number of carbonyl (C=O) groups is 3. The molecule has 1 saturated heterocycles. The Bertz CT molecular complexity index is 773. The van der Waals surface area contributed by atoms with Gasteiger partial charge in [0.25, 0.3) is 5.91 Å². The number of hydrogen-bond acceptors (Lipinski definition) is 6. The first kappa shape index (κ1) is 20.6. The number of sulfone groups is 1. The molecule has 2 N–H and O–H groups in total. The molecule has 0 aromatic heterocycles. The summed E-state index contributed by atoms with van der Waals surface area (Å²) in [6, 6.07) is -1.26. The standard InChI is InChI=1S/C20H30N2O6S/c1-12(18(24)28-10-17(23)22-16-2-3-29(26,27)11-16)21-19(25)20-7-13-4-14(8-20)6-15(5-13)9-20/h12-16H,2-11H2,1H3,(H,21,25)(H,22,23)/t12-,13?,14?,15?,16-,20?/m0/s1. The normalized spacial score (nSPS) is 37.7. The molecule has 4 saturated carbocycles. The van der Waals surface area contributed by atoms with Gasteiger partial charge in [-0.15, -0.1) is 0 Å². The maximum atomic E-state index is 13.0. The third-order valence-electron chi connectivity index (χ3n) is 7.16. The maximum Gasteiger partial charge on any atom is 0.328 e. The summed E-state index contributed by atoms with van der Waals surface area (Å²) in [4.78, 5) is 37.1. The highest BCUT2D eigenvalue weighted by Crippen LogP contribution is 2.60. The average molecular weight is 427 g/mol. The molecule has 8 nitrogen and oxygen atoms in total. The maximum absolute atomic E-state index is 13.0. The van der Waals surface area contributed by atoms with E-state index in [0.29, 0.717) is 24.2 Å². The molecule has 0 aromatic carbocycles. The summed E-state index contributed by atoms with van der Waals surface area (Å²) < 4.78 is 27.9. The second-order valence-electron chi connectivity index (χ2n) is 9.67. The summed E-state index contributed by atoms with van der Waals surface area (Å²) in [5.74, 6) is 0.654. The van der Waals surface area contributed by atoms with Gasteiger partial charge in [-0.1, -0.05) is 0 Å². The van der Waals surface area contributed by atoms with E-state index in [4.69, 9.17) is 4.74 Å². The van der Waals surface area contributed by atoms with E-state index < -0.39 is 40.4 Å². The molecule has 5 rings (SSSR count). The number of amides is 2. The Balaban J connectivity index is 1.23. The minimum absolute atomic E-state index is 0.0540. The van der Waals surface area contributed by atoms with Crippen LogP contribution in [0.4, 0.5) is 0 Å². The predicted molar refractivity (Wildman–Crippen MR) is 104 cm³/mol.